The molecule has 0 heterocycles. The van der Waals surface area contributed by atoms with Gasteiger partial charge in [0.2, 0.25) is 0 Å². The maximum Gasteiger partial charge on any atom is 0.191 e. The fraction of sp³-hybridized carbons (Fsp3) is 0.400. The van der Waals surface area contributed by atoms with Crippen molar-refractivity contribution in [3.05, 3.63) is 47.0 Å². The molecule has 1 aromatic carbocycles. The number of nitrogens with zero attached hydrogens (tertiary/aromatic N) is 1. The summed E-state index contributed by atoms with van der Waals surface area (Å²) in [5.74, 6) is 0.877. The first-order chi connectivity index (χ1) is 9.28. The van der Waals surface area contributed by atoms with E-state index in [9.17, 15) is 0 Å². The van der Waals surface area contributed by atoms with Gasteiger partial charge >= 0.3 is 0 Å². The molecule has 0 amide bonds. The highest BCUT2D eigenvalue weighted by atomic mass is 35.5. The molecule has 0 atom stereocenters. The summed E-state index contributed by atoms with van der Waals surface area (Å²) in [6.07, 6.45) is 7.54. The second-order valence-corrected chi connectivity index (χ2v) is 5.10. The van der Waals surface area contributed by atoms with E-state index >= 15 is 0 Å². The lowest BCUT2D eigenvalue weighted by Crippen LogP contribution is -2.43. The number of hydrogen-bond acceptors (Lipinski definition) is 1. The van der Waals surface area contributed by atoms with Crippen molar-refractivity contribution in [2.24, 2.45) is 4.99 Å². The molecular weight excluding hydrogens is 258 g/mol. The van der Waals surface area contributed by atoms with Crippen LogP contribution in [-0.2, 0) is 6.42 Å². The lowest BCUT2D eigenvalue weighted by atomic mass is 10.1. The van der Waals surface area contributed by atoms with E-state index in [0.717, 1.165) is 36.8 Å². The van der Waals surface area contributed by atoms with Crippen molar-refractivity contribution < 1.29 is 0 Å². The molecule has 0 aromatic heterocycles. The van der Waals surface area contributed by atoms with Crippen molar-refractivity contribution in [2.45, 2.75) is 25.3 Å². The average Bonchev–Trinajstić information content (AvgIpc) is 2.93. The average molecular weight is 278 g/mol. The zero-order valence-electron chi connectivity index (χ0n) is 11.2. The quantitative estimate of drug-likeness (QED) is 0.504. The van der Waals surface area contributed by atoms with E-state index in [2.05, 4.69) is 39.9 Å². The second kappa shape index (κ2) is 7.19. The van der Waals surface area contributed by atoms with E-state index in [1.807, 2.05) is 12.1 Å². The molecule has 1 aliphatic carbocycles. The zero-order valence-corrected chi connectivity index (χ0v) is 12.0. The fourth-order valence-electron chi connectivity index (χ4n) is 2.10. The highest BCUT2D eigenvalue weighted by Gasteiger charge is 2.11. The molecule has 0 saturated carbocycles. The Morgan fingerprint density at radius 3 is 2.58 bits per heavy atom. The smallest absolute Gasteiger partial charge is 0.191 e. The number of halogens is 1. The van der Waals surface area contributed by atoms with Gasteiger partial charge in [0, 0.05) is 24.7 Å². The van der Waals surface area contributed by atoms with Crippen LogP contribution in [0.1, 0.15) is 18.4 Å². The highest BCUT2D eigenvalue weighted by molar-refractivity contribution is 6.30. The largest absolute Gasteiger partial charge is 0.356 e. The van der Waals surface area contributed by atoms with E-state index in [4.69, 9.17) is 11.6 Å². The molecule has 19 heavy (non-hydrogen) atoms. The van der Waals surface area contributed by atoms with Crippen LogP contribution in [0.3, 0.4) is 0 Å². The van der Waals surface area contributed by atoms with Gasteiger partial charge in [-0.2, -0.15) is 0 Å². The van der Waals surface area contributed by atoms with Gasteiger partial charge in [0.1, 0.15) is 0 Å². The van der Waals surface area contributed by atoms with Crippen LogP contribution in [0.25, 0.3) is 0 Å². The van der Waals surface area contributed by atoms with Crippen molar-refractivity contribution in [1.82, 2.24) is 10.6 Å². The van der Waals surface area contributed by atoms with Gasteiger partial charge in [0.05, 0.1) is 0 Å². The van der Waals surface area contributed by atoms with Gasteiger partial charge in [0.15, 0.2) is 5.96 Å². The molecule has 0 aliphatic heterocycles. The molecule has 102 valence electrons. The van der Waals surface area contributed by atoms with Gasteiger partial charge in [-0.25, -0.2) is 0 Å². The van der Waals surface area contributed by atoms with Crippen molar-refractivity contribution in [3.63, 3.8) is 0 Å². The molecule has 2 N–H and O–H groups in total. The first kappa shape index (κ1) is 13.9. The van der Waals surface area contributed by atoms with Gasteiger partial charge in [-0.15, -0.1) is 0 Å². The third kappa shape index (κ3) is 4.60. The Labute approximate surface area is 119 Å². The van der Waals surface area contributed by atoms with Crippen LogP contribution in [0.5, 0.6) is 0 Å². The van der Waals surface area contributed by atoms with E-state index < -0.39 is 0 Å². The topological polar surface area (TPSA) is 36.4 Å². The number of benzene rings is 1. The Morgan fingerprint density at radius 2 is 1.95 bits per heavy atom. The lowest BCUT2D eigenvalue weighted by Gasteiger charge is -2.16. The van der Waals surface area contributed by atoms with Gasteiger partial charge in [-0.1, -0.05) is 35.9 Å². The van der Waals surface area contributed by atoms with Crippen LogP contribution in [-0.4, -0.2) is 25.6 Å². The summed E-state index contributed by atoms with van der Waals surface area (Å²) < 4.78 is 0. The Kier molecular flexibility index (Phi) is 5.28. The molecule has 4 heteroatoms. The monoisotopic (exact) mass is 277 g/mol. The summed E-state index contributed by atoms with van der Waals surface area (Å²) in [5, 5.41) is 7.53. The van der Waals surface area contributed by atoms with Crippen LogP contribution in [0.4, 0.5) is 0 Å². The summed E-state index contributed by atoms with van der Waals surface area (Å²) in [6.45, 7) is 0.863. The third-order valence-electron chi connectivity index (χ3n) is 3.19. The van der Waals surface area contributed by atoms with Crippen LogP contribution in [0.15, 0.2) is 41.4 Å². The number of aliphatic imine (C=N–C) groups is 1. The van der Waals surface area contributed by atoms with Gasteiger partial charge in [-0.05, 0) is 37.0 Å². The molecule has 1 aliphatic rings. The molecule has 2 rings (SSSR count). The van der Waals surface area contributed by atoms with Crippen molar-refractivity contribution in [2.75, 3.05) is 13.6 Å². The van der Waals surface area contributed by atoms with Crippen LogP contribution in [0.2, 0.25) is 5.02 Å². The SMILES string of the molecule is CN=C(NCCc1ccc(Cl)cc1)NC1CC=CC1. The van der Waals surface area contributed by atoms with Crippen LogP contribution >= 0.6 is 11.6 Å². The summed E-state index contributed by atoms with van der Waals surface area (Å²) in [4.78, 5) is 4.24. The predicted molar refractivity (Wildman–Crippen MR) is 81.8 cm³/mol. The first-order valence-electron chi connectivity index (χ1n) is 6.64. The van der Waals surface area contributed by atoms with E-state index in [1.54, 1.807) is 7.05 Å². The number of rotatable bonds is 4. The third-order valence-corrected chi connectivity index (χ3v) is 3.44. The molecule has 0 fully saturated rings. The second-order valence-electron chi connectivity index (χ2n) is 4.66. The molecule has 0 unspecified atom stereocenters. The minimum atomic E-state index is 0.488. The fourth-order valence-corrected chi connectivity index (χ4v) is 2.23. The van der Waals surface area contributed by atoms with Crippen molar-refractivity contribution in [1.29, 1.82) is 0 Å². The highest BCUT2D eigenvalue weighted by Crippen LogP contribution is 2.10. The Balaban J connectivity index is 1.72. The molecule has 0 bridgehead atoms. The first-order valence-corrected chi connectivity index (χ1v) is 7.02. The maximum atomic E-state index is 5.86. The minimum absolute atomic E-state index is 0.488. The predicted octanol–water partition coefficient (Wildman–Crippen LogP) is 2.77. The summed E-state index contributed by atoms with van der Waals surface area (Å²) in [5.41, 5.74) is 1.27. The zero-order chi connectivity index (χ0) is 13.5. The number of hydrogen-bond donors (Lipinski definition) is 2. The summed E-state index contributed by atoms with van der Waals surface area (Å²) in [6, 6.07) is 8.45. The number of nitrogens with one attached hydrogen (secondary N) is 2. The van der Waals surface area contributed by atoms with Crippen molar-refractivity contribution >= 4 is 17.6 Å². The Hall–Kier alpha value is -1.48. The van der Waals surface area contributed by atoms with Gasteiger partial charge in [-0.3, -0.25) is 4.99 Å². The molecular formula is C15H20ClN3. The molecule has 0 spiro atoms. The maximum absolute atomic E-state index is 5.86. The lowest BCUT2D eigenvalue weighted by molar-refractivity contribution is 0.633. The van der Waals surface area contributed by atoms with Crippen LogP contribution in [0, 0.1) is 0 Å². The van der Waals surface area contributed by atoms with E-state index in [-0.39, 0.29) is 0 Å². The van der Waals surface area contributed by atoms with Crippen molar-refractivity contribution in [3.8, 4) is 0 Å². The molecule has 1 aromatic rings. The van der Waals surface area contributed by atoms with E-state index in [1.165, 1.54) is 5.56 Å². The van der Waals surface area contributed by atoms with E-state index in [0.29, 0.717) is 6.04 Å². The normalized spacial score (nSPS) is 15.8. The van der Waals surface area contributed by atoms with Gasteiger partial charge < -0.3 is 10.6 Å². The van der Waals surface area contributed by atoms with Gasteiger partial charge in [0.25, 0.3) is 0 Å². The Morgan fingerprint density at radius 1 is 1.26 bits per heavy atom. The standard InChI is InChI=1S/C15H20ClN3/c1-17-15(19-14-4-2-3-5-14)18-11-10-12-6-8-13(16)9-7-12/h2-3,6-9,14H,4-5,10-11H2,1H3,(H2,17,18,19). The molecule has 0 radical (unpaired) electrons. The summed E-state index contributed by atoms with van der Waals surface area (Å²) in [7, 11) is 1.81. The molecule has 3 nitrogen and oxygen atoms in total. The minimum Gasteiger partial charge on any atom is -0.356 e. The number of guanidine groups is 1. The summed E-state index contributed by atoms with van der Waals surface area (Å²) >= 11 is 5.86. The van der Waals surface area contributed by atoms with Crippen LogP contribution < -0.4 is 10.6 Å². The Bertz CT molecular complexity index is 443. The molecule has 0 saturated heterocycles.